The average molecular weight is 483 g/mol. The lowest BCUT2D eigenvalue weighted by Gasteiger charge is -2.38. The van der Waals surface area contributed by atoms with Crippen LogP contribution in [0.4, 0.5) is 32.2 Å². The highest BCUT2D eigenvalue weighted by Gasteiger charge is 2.43. The summed E-state index contributed by atoms with van der Waals surface area (Å²) in [6.07, 6.45) is 5.68. The third-order valence-electron chi connectivity index (χ3n) is 7.40. The average Bonchev–Trinajstić information content (AvgIpc) is 3.27. The number of halogens is 2. The van der Waals surface area contributed by atoms with Crippen LogP contribution < -0.4 is 19.9 Å². The van der Waals surface area contributed by atoms with Crippen LogP contribution in [0.15, 0.2) is 30.6 Å². The Labute approximate surface area is 202 Å². The van der Waals surface area contributed by atoms with Crippen LogP contribution in [0.1, 0.15) is 25.7 Å². The summed E-state index contributed by atoms with van der Waals surface area (Å²) in [7, 11) is 1.61. The van der Waals surface area contributed by atoms with Crippen LogP contribution in [-0.4, -0.2) is 57.5 Å². The van der Waals surface area contributed by atoms with Gasteiger partial charge in [-0.2, -0.15) is 4.98 Å². The van der Waals surface area contributed by atoms with E-state index in [1.807, 2.05) is 15.6 Å². The zero-order valence-electron chi connectivity index (χ0n) is 19.6. The SMILES string of the molecule is COc1cc(N2CC3CC[C@@H](C2)C3Nc2nc3n(n2)CCCCN3c2ccc(F)c(F)c2)ncn1. The smallest absolute Gasteiger partial charge is 0.244 e. The van der Waals surface area contributed by atoms with Gasteiger partial charge in [0.1, 0.15) is 12.1 Å². The third kappa shape index (κ3) is 4.12. The standard InChI is InChI=1S/C24H28F2N8O/c1-35-21-11-20(27-14-28-21)32-12-15-4-5-16(13-32)22(15)29-23-30-24-33(8-2-3-9-34(24)31-23)17-6-7-18(25)19(26)10-17/h6-7,10-11,14-16,22H,2-5,8-9,12-13H2,1H3,(H,29,31)/t15-,16?,22?/m0/s1. The molecular weight excluding hydrogens is 454 g/mol. The van der Waals surface area contributed by atoms with Gasteiger partial charge in [-0.15, -0.1) is 5.10 Å². The minimum Gasteiger partial charge on any atom is -0.481 e. The van der Waals surface area contributed by atoms with Gasteiger partial charge in [-0.1, -0.05) is 0 Å². The molecule has 0 radical (unpaired) electrons. The van der Waals surface area contributed by atoms with E-state index in [0.717, 1.165) is 57.2 Å². The van der Waals surface area contributed by atoms with Crippen LogP contribution in [0.25, 0.3) is 0 Å². The first kappa shape index (κ1) is 22.0. The molecule has 3 atom stereocenters. The Hall–Kier alpha value is -3.50. The van der Waals surface area contributed by atoms with Gasteiger partial charge < -0.3 is 19.9 Å². The van der Waals surface area contributed by atoms with Crippen molar-refractivity contribution in [1.29, 1.82) is 0 Å². The molecule has 4 heterocycles. The van der Waals surface area contributed by atoms with Crippen molar-refractivity contribution < 1.29 is 13.5 Å². The maximum Gasteiger partial charge on any atom is 0.244 e. The largest absolute Gasteiger partial charge is 0.481 e. The first-order chi connectivity index (χ1) is 17.1. The summed E-state index contributed by atoms with van der Waals surface area (Å²) in [6, 6.07) is 6.14. The van der Waals surface area contributed by atoms with Crippen molar-refractivity contribution in [3.63, 3.8) is 0 Å². The topological polar surface area (TPSA) is 84.2 Å². The van der Waals surface area contributed by atoms with Gasteiger partial charge in [0.25, 0.3) is 0 Å². The molecule has 2 aliphatic heterocycles. The number of hydrogen-bond donors (Lipinski definition) is 1. The Balaban J connectivity index is 1.21. The van der Waals surface area contributed by atoms with Gasteiger partial charge in [-0.05, 0) is 49.7 Å². The van der Waals surface area contributed by atoms with Crippen molar-refractivity contribution in [3.8, 4) is 5.88 Å². The quantitative estimate of drug-likeness (QED) is 0.591. The van der Waals surface area contributed by atoms with Crippen molar-refractivity contribution in [2.24, 2.45) is 11.8 Å². The van der Waals surface area contributed by atoms with Crippen LogP contribution in [-0.2, 0) is 6.54 Å². The normalized spacial score (nSPS) is 23.7. The molecule has 2 unspecified atom stereocenters. The number of piperidine rings is 1. The van der Waals surface area contributed by atoms with E-state index in [-0.39, 0.29) is 6.04 Å². The van der Waals surface area contributed by atoms with E-state index in [4.69, 9.17) is 14.8 Å². The first-order valence-electron chi connectivity index (χ1n) is 12.1. The van der Waals surface area contributed by atoms with Crippen molar-refractivity contribution in [2.45, 2.75) is 38.3 Å². The molecule has 3 aliphatic rings. The van der Waals surface area contributed by atoms with E-state index in [2.05, 4.69) is 20.2 Å². The lowest BCUT2D eigenvalue weighted by molar-refractivity contribution is 0.372. The van der Waals surface area contributed by atoms with Gasteiger partial charge in [0.2, 0.25) is 17.8 Å². The van der Waals surface area contributed by atoms with Crippen LogP contribution in [0.5, 0.6) is 5.88 Å². The molecule has 2 fully saturated rings. The fourth-order valence-corrected chi connectivity index (χ4v) is 5.68. The molecular formula is C24H28F2N8O. The van der Waals surface area contributed by atoms with E-state index >= 15 is 0 Å². The van der Waals surface area contributed by atoms with E-state index in [0.29, 0.717) is 41.8 Å². The molecule has 11 heteroatoms. The summed E-state index contributed by atoms with van der Waals surface area (Å²) >= 11 is 0. The maximum absolute atomic E-state index is 13.9. The second kappa shape index (κ2) is 8.94. The predicted octanol–water partition coefficient (Wildman–Crippen LogP) is 3.61. The van der Waals surface area contributed by atoms with Gasteiger partial charge in [-0.3, -0.25) is 0 Å². The number of rotatable bonds is 5. The van der Waals surface area contributed by atoms with Gasteiger partial charge in [0.05, 0.1) is 7.11 Å². The Kier molecular flexibility index (Phi) is 5.62. The minimum absolute atomic E-state index is 0.276. The highest BCUT2D eigenvalue weighted by atomic mass is 19.2. The number of nitrogens with one attached hydrogen (secondary N) is 1. The maximum atomic E-state index is 13.9. The number of aryl methyl sites for hydroxylation is 1. The van der Waals surface area contributed by atoms with E-state index < -0.39 is 11.6 Å². The molecule has 1 aromatic carbocycles. The summed E-state index contributed by atoms with van der Waals surface area (Å²) in [6.45, 7) is 3.20. The number of fused-ring (bicyclic) bond motifs is 3. The van der Waals surface area contributed by atoms with Gasteiger partial charge in [0, 0.05) is 50.0 Å². The van der Waals surface area contributed by atoms with Crippen LogP contribution in [0, 0.1) is 23.5 Å². The van der Waals surface area contributed by atoms with Crippen molar-refractivity contribution in [2.75, 3.05) is 41.9 Å². The van der Waals surface area contributed by atoms with Crippen LogP contribution >= 0.6 is 0 Å². The van der Waals surface area contributed by atoms with E-state index in [9.17, 15) is 8.78 Å². The molecule has 2 aromatic heterocycles. The summed E-state index contributed by atoms with van der Waals surface area (Å²) in [5, 5.41) is 8.37. The van der Waals surface area contributed by atoms with Gasteiger partial charge in [-0.25, -0.2) is 23.4 Å². The van der Waals surface area contributed by atoms with Gasteiger partial charge in [0.15, 0.2) is 11.6 Å². The third-order valence-corrected chi connectivity index (χ3v) is 7.40. The van der Waals surface area contributed by atoms with E-state index in [1.165, 1.54) is 6.07 Å². The molecule has 1 aliphatic carbocycles. The van der Waals surface area contributed by atoms with Crippen LogP contribution in [0.3, 0.4) is 0 Å². The summed E-state index contributed by atoms with van der Waals surface area (Å²) in [5.41, 5.74) is 0.583. The number of aromatic nitrogens is 5. The number of anilines is 4. The molecule has 0 spiro atoms. The highest BCUT2D eigenvalue weighted by molar-refractivity contribution is 5.59. The molecule has 6 rings (SSSR count). The fourth-order valence-electron chi connectivity index (χ4n) is 5.68. The number of nitrogens with zero attached hydrogens (tertiary/aromatic N) is 7. The molecule has 2 bridgehead atoms. The minimum atomic E-state index is -0.860. The lowest BCUT2D eigenvalue weighted by Crippen LogP contribution is -2.48. The summed E-state index contributed by atoms with van der Waals surface area (Å²) in [5.74, 6) is 1.89. The molecule has 184 valence electrons. The zero-order valence-corrected chi connectivity index (χ0v) is 19.6. The Morgan fingerprint density at radius 3 is 2.57 bits per heavy atom. The van der Waals surface area contributed by atoms with Gasteiger partial charge >= 0.3 is 0 Å². The first-order valence-corrected chi connectivity index (χ1v) is 12.1. The number of hydrogen-bond acceptors (Lipinski definition) is 8. The Morgan fingerprint density at radius 1 is 1.00 bits per heavy atom. The fraction of sp³-hybridized carbons (Fsp3) is 0.500. The molecule has 9 nitrogen and oxygen atoms in total. The number of methoxy groups -OCH3 is 1. The highest BCUT2D eigenvalue weighted by Crippen LogP contribution is 2.40. The Bertz CT molecular complexity index is 1210. The summed E-state index contributed by atoms with van der Waals surface area (Å²) in [4.78, 5) is 17.6. The van der Waals surface area contributed by atoms with Crippen LogP contribution in [0.2, 0.25) is 0 Å². The zero-order chi connectivity index (χ0) is 23.9. The second-order valence-corrected chi connectivity index (χ2v) is 9.51. The Morgan fingerprint density at radius 2 is 1.80 bits per heavy atom. The molecule has 3 aromatic rings. The second-order valence-electron chi connectivity index (χ2n) is 9.51. The molecule has 35 heavy (non-hydrogen) atoms. The monoisotopic (exact) mass is 482 g/mol. The predicted molar refractivity (Wildman–Crippen MR) is 127 cm³/mol. The number of ether oxygens (including phenoxy) is 1. The molecule has 1 saturated carbocycles. The lowest BCUT2D eigenvalue weighted by atomic mass is 9.92. The molecule has 0 amide bonds. The number of benzene rings is 1. The van der Waals surface area contributed by atoms with E-state index in [1.54, 1.807) is 19.5 Å². The molecule has 1 saturated heterocycles. The van der Waals surface area contributed by atoms with Crippen molar-refractivity contribution >= 4 is 23.4 Å². The van der Waals surface area contributed by atoms with Crippen molar-refractivity contribution in [1.82, 2.24) is 24.7 Å². The molecule has 1 N–H and O–H groups in total. The summed E-state index contributed by atoms with van der Waals surface area (Å²) < 4.78 is 34.6. The van der Waals surface area contributed by atoms with Crippen molar-refractivity contribution in [3.05, 3.63) is 42.2 Å².